The Bertz CT molecular complexity index is 317. The van der Waals surface area contributed by atoms with Gasteiger partial charge in [0.25, 0.3) is 0 Å². The van der Waals surface area contributed by atoms with E-state index in [0.717, 1.165) is 12.7 Å². The highest BCUT2D eigenvalue weighted by Gasteiger charge is 2.05. The Hall–Kier alpha value is -0.330. The van der Waals surface area contributed by atoms with Crippen LogP contribution in [0, 0.1) is 0 Å². The van der Waals surface area contributed by atoms with Crippen LogP contribution in [0.2, 0.25) is 0 Å². The maximum Gasteiger partial charge on any atom is 0.0363 e. The predicted molar refractivity (Wildman–Crippen MR) is 70.7 cm³/mol. The fourth-order valence-electron chi connectivity index (χ4n) is 1.20. The second kappa shape index (κ2) is 4.95. The second-order valence-corrected chi connectivity index (χ2v) is 10.6. The van der Waals surface area contributed by atoms with E-state index in [1.165, 1.54) is 5.69 Å². The van der Waals surface area contributed by atoms with Crippen molar-refractivity contribution in [2.45, 2.75) is 0 Å². The Morgan fingerprint density at radius 1 is 1.21 bits per heavy atom. The van der Waals surface area contributed by atoms with Gasteiger partial charge in [0.05, 0.1) is 0 Å². The molecule has 14 heavy (non-hydrogen) atoms. The SMILES string of the molecule is CN(CCP(C)(C)=S)c1ccccc1. The third-order valence-electron chi connectivity index (χ3n) is 2.17. The topological polar surface area (TPSA) is 3.24 Å². The van der Waals surface area contributed by atoms with E-state index in [-0.39, 0.29) is 0 Å². The van der Waals surface area contributed by atoms with Crippen LogP contribution in [-0.2, 0) is 11.8 Å². The molecular formula is C11H18NPS. The third-order valence-corrected chi connectivity index (χ3v) is 4.00. The van der Waals surface area contributed by atoms with Crippen LogP contribution in [0.3, 0.4) is 0 Å². The minimum Gasteiger partial charge on any atom is -0.374 e. The van der Waals surface area contributed by atoms with E-state index in [9.17, 15) is 0 Å². The molecule has 3 heteroatoms. The highest BCUT2D eigenvalue weighted by Crippen LogP contribution is 2.35. The monoisotopic (exact) mass is 227 g/mol. The molecule has 1 nitrogen and oxygen atoms in total. The molecular weight excluding hydrogens is 209 g/mol. The molecule has 1 aromatic carbocycles. The van der Waals surface area contributed by atoms with Gasteiger partial charge in [0, 0.05) is 19.3 Å². The molecule has 1 aromatic rings. The van der Waals surface area contributed by atoms with Gasteiger partial charge in [0.15, 0.2) is 0 Å². The molecule has 0 radical (unpaired) electrons. The van der Waals surface area contributed by atoms with E-state index >= 15 is 0 Å². The van der Waals surface area contributed by atoms with Gasteiger partial charge in [0.1, 0.15) is 0 Å². The van der Waals surface area contributed by atoms with Crippen LogP contribution in [0.1, 0.15) is 0 Å². The van der Waals surface area contributed by atoms with Crippen molar-refractivity contribution in [1.82, 2.24) is 0 Å². The number of anilines is 1. The van der Waals surface area contributed by atoms with Gasteiger partial charge in [0.2, 0.25) is 0 Å². The molecule has 1 rings (SSSR count). The van der Waals surface area contributed by atoms with Gasteiger partial charge >= 0.3 is 0 Å². The fraction of sp³-hybridized carbons (Fsp3) is 0.455. The average Bonchev–Trinajstić information content (AvgIpc) is 2.14. The number of para-hydroxylation sites is 1. The lowest BCUT2D eigenvalue weighted by atomic mass is 10.3. The molecule has 0 amide bonds. The summed E-state index contributed by atoms with van der Waals surface area (Å²) in [4.78, 5) is 2.27. The van der Waals surface area contributed by atoms with E-state index < -0.39 is 6.04 Å². The summed E-state index contributed by atoms with van der Waals surface area (Å²) in [6, 6.07) is 9.40. The van der Waals surface area contributed by atoms with Gasteiger partial charge in [-0.1, -0.05) is 30.0 Å². The normalized spacial score (nSPS) is 11.4. The van der Waals surface area contributed by atoms with Crippen molar-refractivity contribution in [3.63, 3.8) is 0 Å². The van der Waals surface area contributed by atoms with Crippen LogP contribution in [0.5, 0.6) is 0 Å². The number of hydrogen-bond donors (Lipinski definition) is 0. The molecule has 0 aliphatic heterocycles. The zero-order valence-electron chi connectivity index (χ0n) is 9.10. The molecule has 0 aromatic heterocycles. The van der Waals surface area contributed by atoms with Gasteiger partial charge in [-0.25, -0.2) is 0 Å². The molecule has 0 fully saturated rings. The van der Waals surface area contributed by atoms with Gasteiger partial charge in [-0.2, -0.15) is 0 Å². The van der Waals surface area contributed by atoms with Crippen LogP contribution in [0.4, 0.5) is 5.69 Å². The first-order chi connectivity index (χ1) is 6.49. The summed E-state index contributed by atoms with van der Waals surface area (Å²) in [6.07, 6.45) is 1.15. The minimum absolute atomic E-state index is 1.05. The second-order valence-electron chi connectivity index (χ2n) is 4.05. The Kier molecular flexibility index (Phi) is 4.15. The highest BCUT2D eigenvalue weighted by molar-refractivity contribution is 8.14. The van der Waals surface area contributed by atoms with E-state index in [1.807, 2.05) is 6.07 Å². The lowest BCUT2D eigenvalue weighted by molar-refractivity contribution is 0.973. The molecule has 0 N–H and O–H groups in total. The lowest BCUT2D eigenvalue weighted by Crippen LogP contribution is -2.20. The quantitative estimate of drug-likeness (QED) is 0.728. The van der Waals surface area contributed by atoms with Crippen LogP contribution < -0.4 is 4.90 Å². The smallest absolute Gasteiger partial charge is 0.0363 e. The summed E-state index contributed by atoms with van der Waals surface area (Å²) in [5.74, 6) is 0. The van der Waals surface area contributed by atoms with Crippen LogP contribution in [-0.4, -0.2) is 33.1 Å². The average molecular weight is 227 g/mol. The fourth-order valence-corrected chi connectivity index (χ4v) is 2.23. The first-order valence-electron chi connectivity index (χ1n) is 4.79. The maximum absolute atomic E-state index is 5.44. The lowest BCUT2D eigenvalue weighted by Gasteiger charge is -2.21. The first-order valence-corrected chi connectivity index (χ1v) is 8.67. The summed E-state index contributed by atoms with van der Waals surface area (Å²) >= 11 is 5.44. The van der Waals surface area contributed by atoms with E-state index in [0.29, 0.717) is 0 Å². The van der Waals surface area contributed by atoms with Crippen molar-refractivity contribution >= 4 is 23.5 Å². The van der Waals surface area contributed by atoms with Gasteiger partial charge < -0.3 is 4.90 Å². The maximum atomic E-state index is 5.44. The molecule has 0 heterocycles. The Morgan fingerprint density at radius 2 is 1.79 bits per heavy atom. The van der Waals surface area contributed by atoms with Crippen molar-refractivity contribution in [3.05, 3.63) is 30.3 Å². The predicted octanol–water partition coefficient (Wildman–Crippen LogP) is 2.86. The summed E-state index contributed by atoms with van der Waals surface area (Å²) in [7, 11) is 2.13. The first kappa shape index (κ1) is 11.7. The molecule has 0 saturated carbocycles. The van der Waals surface area contributed by atoms with Crippen molar-refractivity contribution in [2.24, 2.45) is 0 Å². The Labute approximate surface area is 92.1 Å². The summed E-state index contributed by atoms with van der Waals surface area (Å²) in [6.45, 7) is 5.48. The summed E-state index contributed by atoms with van der Waals surface area (Å²) in [5.41, 5.74) is 1.27. The van der Waals surface area contributed by atoms with Crippen molar-refractivity contribution in [2.75, 3.05) is 38.0 Å². The molecule has 0 aliphatic carbocycles. The van der Waals surface area contributed by atoms with Crippen LogP contribution in [0.25, 0.3) is 0 Å². The molecule has 0 aliphatic rings. The molecule has 0 unspecified atom stereocenters. The molecule has 0 bridgehead atoms. The number of hydrogen-bond acceptors (Lipinski definition) is 2. The Balaban J connectivity index is 2.52. The van der Waals surface area contributed by atoms with Crippen LogP contribution in [0.15, 0.2) is 30.3 Å². The zero-order chi connectivity index (χ0) is 10.6. The van der Waals surface area contributed by atoms with Crippen molar-refractivity contribution in [1.29, 1.82) is 0 Å². The van der Waals surface area contributed by atoms with Gasteiger partial charge in [-0.15, -0.1) is 0 Å². The van der Waals surface area contributed by atoms with Gasteiger partial charge in [-0.3, -0.25) is 0 Å². The molecule has 78 valence electrons. The third kappa shape index (κ3) is 4.26. The Morgan fingerprint density at radius 3 is 2.29 bits per heavy atom. The van der Waals surface area contributed by atoms with E-state index in [1.54, 1.807) is 0 Å². The van der Waals surface area contributed by atoms with E-state index in [2.05, 4.69) is 49.5 Å². The largest absolute Gasteiger partial charge is 0.374 e. The highest BCUT2D eigenvalue weighted by atomic mass is 32.4. The van der Waals surface area contributed by atoms with Crippen molar-refractivity contribution < 1.29 is 0 Å². The number of nitrogens with zero attached hydrogens (tertiary/aromatic N) is 1. The summed E-state index contributed by atoms with van der Waals surface area (Å²) < 4.78 is 0. The molecule has 0 spiro atoms. The molecule has 0 saturated heterocycles. The van der Waals surface area contributed by atoms with E-state index in [4.69, 9.17) is 11.8 Å². The van der Waals surface area contributed by atoms with Gasteiger partial charge in [-0.05, 0) is 37.7 Å². The standard InChI is InChI=1S/C11H18NPS/c1-12(9-10-13(2,3)14)11-7-5-4-6-8-11/h4-8H,9-10H2,1-3H3. The zero-order valence-corrected chi connectivity index (χ0v) is 10.8. The summed E-state index contributed by atoms with van der Waals surface area (Å²) in [5, 5.41) is 0. The number of rotatable bonds is 4. The molecule has 0 atom stereocenters. The van der Waals surface area contributed by atoms with Crippen molar-refractivity contribution in [3.8, 4) is 0 Å². The van der Waals surface area contributed by atoms with Crippen LogP contribution >= 0.6 is 6.04 Å². The minimum atomic E-state index is -1.05. The number of benzene rings is 1.